The monoisotopic (exact) mass is 390 g/mol. The van der Waals surface area contributed by atoms with Crippen molar-refractivity contribution in [3.63, 3.8) is 0 Å². The smallest absolute Gasteiger partial charge is 0.232 e. The average Bonchev–Trinajstić information content (AvgIpc) is 2.68. The highest BCUT2D eigenvalue weighted by Crippen LogP contribution is 2.48. The van der Waals surface area contributed by atoms with Gasteiger partial charge in [0.1, 0.15) is 5.75 Å². The molecule has 1 unspecified atom stereocenters. The molecule has 4 rings (SSSR count). The number of allylic oxidation sites excluding steroid dienone is 2. The van der Waals surface area contributed by atoms with Gasteiger partial charge in [-0.1, -0.05) is 19.9 Å². The fourth-order valence-electron chi connectivity index (χ4n) is 4.44. The van der Waals surface area contributed by atoms with Crippen molar-refractivity contribution in [2.24, 2.45) is 5.41 Å². The summed E-state index contributed by atoms with van der Waals surface area (Å²) >= 11 is 0. The quantitative estimate of drug-likeness (QED) is 0.763. The van der Waals surface area contributed by atoms with Crippen LogP contribution in [-0.4, -0.2) is 23.3 Å². The average molecular weight is 390 g/mol. The molecule has 0 saturated heterocycles. The van der Waals surface area contributed by atoms with Crippen LogP contribution in [-0.2, 0) is 9.59 Å². The maximum absolute atomic E-state index is 13.3. The van der Waals surface area contributed by atoms with E-state index in [-0.39, 0.29) is 29.4 Å². The van der Waals surface area contributed by atoms with Crippen LogP contribution in [0.1, 0.15) is 51.5 Å². The number of nitrogens with zero attached hydrogens (tertiary/aromatic N) is 2. The van der Waals surface area contributed by atoms with Gasteiger partial charge in [0.25, 0.3) is 0 Å². The lowest BCUT2D eigenvalue weighted by molar-refractivity contribution is -0.121. The molecule has 5 nitrogen and oxygen atoms in total. The lowest BCUT2D eigenvalue weighted by Crippen LogP contribution is -2.43. The van der Waals surface area contributed by atoms with Gasteiger partial charge in [0.2, 0.25) is 5.91 Å². The summed E-state index contributed by atoms with van der Waals surface area (Å²) in [5, 5.41) is 0. The van der Waals surface area contributed by atoms with Crippen LogP contribution in [0.3, 0.4) is 0 Å². The van der Waals surface area contributed by atoms with E-state index in [0.29, 0.717) is 19.4 Å². The maximum atomic E-state index is 13.3. The molecule has 0 fully saturated rings. The van der Waals surface area contributed by atoms with E-state index in [1.807, 2.05) is 43.3 Å². The molecule has 2 aliphatic rings. The Labute approximate surface area is 171 Å². The minimum Gasteiger partial charge on any atom is -0.494 e. The number of anilines is 1. The molecule has 0 radical (unpaired) electrons. The number of pyridine rings is 1. The molecule has 1 aromatic carbocycles. The molecule has 1 aromatic heterocycles. The van der Waals surface area contributed by atoms with Gasteiger partial charge in [0.15, 0.2) is 5.78 Å². The summed E-state index contributed by atoms with van der Waals surface area (Å²) in [6, 6.07) is 11.3. The van der Waals surface area contributed by atoms with Crippen LogP contribution < -0.4 is 9.64 Å². The molecule has 0 spiro atoms. The lowest BCUT2D eigenvalue weighted by Gasteiger charge is -2.42. The fourth-order valence-corrected chi connectivity index (χ4v) is 4.44. The van der Waals surface area contributed by atoms with Crippen molar-refractivity contribution in [3.05, 3.63) is 65.6 Å². The highest BCUT2D eigenvalue weighted by molar-refractivity contribution is 6.07. The molecular weight excluding hydrogens is 364 g/mol. The number of aromatic nitrogens is 1. The molecule has 150 valence electrons. The van der Waals surface area contributed by atoms with Gasteiger partial charge in [-0.15, -0.1) is 0 Å². The molecule has 0 N–H and O–H groups in total. The molecule has 1 atom stereocenters. The van der Waals surface area contributed by atoms with Gasteiger partial charge in [-0.05, 0) is 54.7 Å². The highest BCUT2D eigenvalue weighted by Gasteiger charge is 2.44. The van der Waals surface area contributed by atoms with E-state index in [1.165, 1.54) is 0 Å². The SMILES string of the molecule is CCOc1ccc(N2C(=O)CC(c3cccnc3)C3=C2CC(C)(C)CC3=O)cc1. The third-order valence-corrected chi connectivity index (χ3v) is 5.64. The Morgan fingerprint density at radius 3 is 2.55 bits per heavy atom. The second-order valence-corrected chi connectivity index (χ2v) is 8.50. The lowest BCUT2D eigenvalue weighted by atomic mass is 9.69. The van der Waals surface area contributed by atoms with Crippen LogP contribution >= 0.6 is 0 Å². The number of rotatable bonds is 4. The number of amides is 1. The van der Waals surface area contributed by atoms with Crippen molar-refractivity contribution in [2.45, 2.75) is 46.0 Å². The largest absolute Gasteiger partial charge is 0.494 e. The predicted molar refractivity (Wildman–Crippen MR) is 112 cm³/mol. The van der Waals surface area contributed by atoms with Crippen molar-refractivity contribution in [1.29, 1.82) is 0 Å². The van der Waals surface area contributed by atoms with Gasteiger partial charge in [0, 0.05) is 48.1 Å². The summed E-state index contributed by atoms with van der Waals surface area (Å²) in [4.78, 5) is 32.5. The fraction of sp³-hybridized carbons (Fsp3) is 0.375. The summed E-state index contributed by atoms with van der Waals surface area (Å²) < 4.78 is 5.53. The Balaban J connectivity index is 1.83. The van der Waals surface area contributed by atoms with Crippen molar-refractivity contribution in [2.75, 3.05) is 11.5 Å². The molecule has 1 aliphatic carbocycles. The third kappa shape index (κ3) is 3.69. The maximum Gasteiger partial charge on any atom is 0.232 e. The van der Waals surface area contributed by atoms with Gasteiger partial charge in [0.05, 0.1) is 6.61 Å². The third-order valence-electron chi connectivity index (χ3n) is 5.64. The van der Waals surface area contributed by atoms with Crippen LogP contribution in [0.25, 0.3) is 0 Å². The second-order valence-electron chi connectivity index (χ2n) is 8.50. The van der Waals surface area contributed by atoms with Crippen LogP contribution in [0.15, 0.2) is 60.1 Å². The van der Waals surface area contributed by atoms with Crippen LogP contribution in [0, 0.1) is 5.41 Å². The number of benzene rings is 1. The standard InChI is InChI=1S/C24H26N2O3/c1-4-29-18-9-7-17(8-10-18)26-20-13-24(2,3)14-21(27)23(20)19(12-22(26)28)16-6-5-11-25-15-16/h5-11,15,19H,4,12-14H2,1-3H3. The Kier molecular flexibility index (Phi) is 4.99. The van der Waals surface area contributed by atoms with Crippen molar-refractivity contribution in [1.82, 2.24) is 4.98 Å². The first kappa shape index (κ1) is 19.4. The van der Waals surface area contributed by atoms with Gasteiger partial charge in [-0.25, -0.2) is 0 Å². The van der Waals surface area contributed by atoms with Gasteiger partial charge in [-0.2, -0.15) is 0 Å². The molecule has 2 aromatic rings. The summed E-state index contributed by atoms with van der Waals surface area (Å²) in [7, 11) is 0. The van der Waals surface area contributed by atoms with Crippen LogP contribution in [0.5, 0.6) is 5.75 Å². The van der Waals surface area contributed by atoms with Gasteiger partial charge >= 0.3 is 0 Å². The molecule has 1 amide bonds. The van der Waals surface area contributed by atoms with E-state index in [1.54, 1.807) is 17.3 Å². The van der Waals surface area contributed by atoms with Gasteiger partial charge in [-0.3, -0.25) is 19.5 Å². The normalized spacial score (nSPS) is 21.2. The zero-order valence-corrected chi connectivity index (χ0v) is 17.1. The van der Waals surface area contributed by atoms with E-state index in [2.05, 4.69) is 18.8 Å². The Morgan fingerprint density at radius 2 is 1.90 bits per heavy atom. The predicted octanol–water partition coefficient (Wildman–Crippen LogP) is 4.64. The minimum absolute atomic E-state index is 0.00672. The van der Waals surface area contributed by atoms with Crippen LogP contribution in [0.2, 0.25) is 0 Å². The van der Waals surface area contributed by atoms with E-state index >= 15 is 0 Å². The molecule has 1 aliphatic heterocycles. The first-order chi connectivity index (χ1) is 13.9. The molecule has 2 heterocycles. The van der Waals surface area contributed by atoms with E-state index in [4.69, 9.17) is 4.74 Å². The number of hydrogen-bond acceptors (Lipinski definition) is 4. The molecule has 0 saturated carbocycles. The Morgan fingerprint density at radius 1 is 1.14 bits per heavy atom. The van der Waals surface area contributed by atoms with Crippen LogP contribution in [0.4, 0.5) is 5.69 Å². The molecular formula is C24H26N2O3. The number of ketones is 1. The number of carbonyl (C=O) groups excluding carboxylic acids is 2. The highest BCUT2D eigenvalue weighted by atomic mass is 16.5. The number of carbonyl (C=O) groups is 2. The molecule has 29 heavy (non-hydrogen) atoms. The van der Waals surface area contributed by atoms with E-state index in [9.17, 15) is 9.59 Å². The summed E-state index contributed by atoms with van der Waals surface area (Å²) in [6.07, 6.45) is 4.92. The van der Waals surface area contributed by atoms with Gasteiger partial charge < -0.3 is 4.74 Å². The zero-order valence-electron chi connectivity index (χ0n) is 17.1. The molecule has 0 bridgehead atoms. The number of Topliss-reactive ketones (excluding diaryl/α,β-unsaturated/α-hetero) is 1. The summed E-state index contributed by atoms with van der Waals surface area (Å²) in [5.74, 6) is 0.678. The number of hydrogen-bond donors (Lipinski definition) is 0. The first-order valence-electron chi connectivity index (χ1n) is 10.1. The molecule has 5 heteroatoms. The minimum atomic E-state index is -0.228. The van der Waals surface area contributed by atoms with Crippen molar-refractivity contribution >= 4 is 17.4 Å². The van der Waals surface area contributed by atoms with Crippen molar-refractivity contribution < 1.29 is 14.3 Å². The van der Waals surface area contributed by atoms with E-state index < -0.39 is 0 Å². The number of ether oxygens (including phenoxy) is 1. The topological polar surface area (TPSA) is 59.5 Å². The second kappa shape index (κ2) is 7.47. The first-order valence-corrected chi connectivity index (χ1v) is 10.1. The Hall–Kier alpha value is -2.95. The Bertz CT molecular complexity index is 961. The zero-order chi connectivity index (χ0) is 20.6. The van der Waals surface area contributed by atoms with Crippen molar-refractivity contribution in [3.8, 4) is 5.75 Å². The summed E-state index contributed by atoms with van der Waals surface area (Å²) in [5.41, 5.74) is 3.12. The summed E-state index contributed by atoms with van der Waals surface area (Å²) in [6.45, 7) is 6.70. The van der Waals surface area contributed by atoms with E-state index in [0.717, 1.165) is 28.3 Å².